The van der Waals surface area contributed by atoms with Gasteiger partial charge in [-0.25, -0.2) is 9.97 Å². The van der Waals surface area contributed by atoms with Gasteiger partial charge in [-0.3, -0.25) is 0 Å². The number of rotatable bonds is 7. The molecular weight excluding hydrogens is 216 g/mol. The van der Waals surface area contributed by atoms with Crippen LogP contribution in [0.15, 0.2) is 12.4 Å². The molecule has 0 bridgehead atoms. The van der Waals surface area contributed by atoms with Crippen molar-refractivity contribution < 1.29 is 4.74 Å². The van der Waals surface area contributed by atoms with Crippen LogP contribution in [0, 0.1) is 5.92 Å². The quantitative estimate of drug-likeness (QED) is 0.760. The first-order valence-corrected chi connectivity index (χ1v) is 5.98. The average Bonchev–Trinajstić information content (AvgIpc) is 2.29. The van der Waals surface area contributed by atoms with Crippen LogP contribution >= 0.6 is 0 Å². The van der Waals surface area contributed by atoms with Crippen LogP contribution in [0.3, 0.4) is 0 Å². The van der Waals surface area contributed by atoms with Crippen LogP contribution in [0.2, 0.25) is 0 Å². The Balaban J connectivity index is 2.68. The lowest BCUT2D eigenvalue weighted by atomic mass is 10.1. The Morgan fingerprint density at radius 2 is 2.00 bits per heavy atom. The van der Waals surface area contributed by atoms with Crippen molar-refractivity contribution in [3.63, 3.8) is 0 Å². The van der Waals surface area contributed by atoms with Gasteiger partial charge in [0.05, 0.1) is 12.6 Å². The minimum atomic E-state index is 0.254. The summed E-state index contributed by atoms with van der Waals surface area (Å²) in [6, 6.07) is 2.17. The van der Waals surface area contributed by atoms with Crippen LogP contribution in [0.1, 0.15) is 20.8 Å². The van der Waals surface area contributed by atoms with Crippen LogP contribution in [0.5, 0.6) is 0 Å². The summed E-state index contributed by atoms with van der Waals surface area (Å²) in [5.74, 6) is 2.14. The Morgan fingerprint density at radius 1 is 1.29 bits per heavy atom. The Bertz CT molecular complexity index is 330. The van der Waals surface area contributed by atoms with E-state index in [0.29, 0.717) is 12.5 Å². The number of hydrogen-bond acceptors (Lipinski definition) is 5. The summed E-state index contributed by atoms with van der Waals surface area (Å²) in [6.45, 7) is 7.86. The molecule has 0 spiro atoms. The van der Waals surface area contributed by atoms with Gasteiger partial charge in [-0.1, -0.05) is 13.8 Å². The summed E-state index contributed by atoms with van der Waals surface area (Å²) in [5.41, 5.74) is 0. The molecule has 5 nitrogen and oxygen atoms in total. The molecule has 0 aliphatic heterocycles. The van der Waals surface area contributed by atoms with E-state index in [9.17, 15) is 0 Å². The zero-order valence-corrected chi connectivity index (χ0v) is 11.0. The highest BCUT2D eigenvalue weighted by Gasteiger charge is 2.13. The number of aromatic nitrogens is 2. The maximum atomic E-state index is 5.19. The molecule has 17 heavy (non-hydrogen) atoms. The van der Waals surface area contributed by atoms with Crippen LogP contribution in [-0.2, 0) is 4.74 Å². The van der Waals surface area contributed by atoms with Gasteiger partial charge < -0.3 is 15.4 Å². The summed E-state index contributed by atoms with van der Waals surface area (Å²) in [7, 11) is 1.71. The topological polar surface area (TPSA) is 59.1 Å². The lowest BCUT2D eigenvalue weighted by Gasteiger charge is -2.22. The second-order valence-electron chi connectivity index (χ2n) is 4.27. The lowest BCUT2D eigenvalue weighted by molar-refractivity contribution is 0.171. The van der Waals surface area contributed by atoms with Crippen molar-refractivity contribution in [3.05, 3.63) is 12.4 Å². The third-order valence-corrected chi connectivity index (χ3v) is 2.51. The molecule has 0 aromatic carbocycles. The summed E-state index contributed by atoms with van der Waals surface area (Å²) in [5, 5.41) is 6.52. The molecule has 0 aliphatic rings. The first-order chi connectivity index (χ1) is 8.17. The molecule has 0 saturated carbocycles. The Hall–Kier alpha value is -1.36. The summed E-state index contributed by atoms with van der Waals surface area (Å²) in [6.07, 6.45) is 1.56. The van der Waals surface area contributed by atoms with E-state index in [-0.39, 0.29) is 6.04 Å². The molecular formula is C12H22N4O. The molecule has 1 aromatic rings. The van der Waals surface area contributed by atoms with Gasteiger partial charge in [0, 0.05) is 19.7 Å². The molecule has 1 unspecified atom stereocenters. The maximum Gasteiger partial charge on any atom is 0.131 e. The van der Waals surface area contributed by atoms with Crippen molar-refractivity contribution in [2.24, 2.45) is 5.92 Å². The third-order valence-electron chi connectivity index (χ3n) is 2.51. The fourth-order valence-corrected chi connectivity index (χ4v) is 1.48. The number of hydrogen-bond donors (Lipinski definition) is 2. The molecule has 1 atom stereocenters. The molecule has 1 heterocycles. The van der Waals surface area contributed by atoms with Gasteiger partial charge in [-0.2, -0.15) is 0 Å². The van der Waals surface area contributed by atoms with Gasteiger partial charge in [0.25, 0.3) is 0 Å². The summed E-state index contributed by atoms with van der Waals surface area (Å²) in [4.78, 5) is 8.34. The standard InChI is InChI=1S/C12H22N4O/c1-5-13-11-6-12(15-8-14-11)16-10(7-17-4)9(2)3/h6,8-10H,5,7H2,1-4H3,(H2,13,14,15,16). The van der Waals surface area contributed by atoms with Crippen molar-refractivity contribution in [1.82, 2.24) is 9.97 Å². The van der Waals surface area contributed by atoms with E-state index in [1.807, 2.05) is 13.0 Å². The van der Waals surface area contributed by atoms with E-state index in [0.717, 1.165) is 18.2 Å². The van der Waals surface area contributed by atoms with Crippen molar-refractivity contribution in [2.45, 2.75) is 26.8 Å². The van der Waals surface area contributed by atoms with E-state index in [2.05, 4.69) is 34.4 Å². The van der Waals surface area contributed by atoms with Crippen LogP contribution in [0.25, 0.3) is 0 Å². The minimum Gasteiger partial charge on any atom is -0.383 e. The molecule has 1 rings (SSSR count). The van der Waals surface area contributed by atoms with E-state index in [4.69, 9.17) is 4.74 Å². The molecule has 0 radical (unpaired) electrons. The zero-order valence-electron chi connectivity index (χ0n) is 11.0. The zero-order chi connectivity index (χ0) is 12.7. The highest BCUT2D eigenvalue weighted by atomic mass is 16.5. The largest absolute Gasteiger partial charge is 0.383 e. The van der Waals surface area contributed by atoms with E-state index >= 15 is 0 Å². The molecule has 0 saturated heterocycles. The van der Waals surface area contributed by atoms with Crippen LogP contribution in [0.4, 0.5) is 11.6 Å². The molecule has 0 aliphatic carbocycles. The molecule has 2 N–H and O–H groups in total. The lowest BCUT2D eigenvalue weighted by Crippen LogP contribution is -2.30. The molecule has 0 amide bonds. The van der Waals surface area contributed by atoms with E-state index in [1.165, 1.54) is 0 Å². The Kier molecular flexibility index (Phi) is 5.69. The van der Waals surface area contributed by atoms with Gasteiger partial charge >= 0.3 is 0 Å². The molecule has 1 aromatic heterocycles. The summed E-state index contributed by atoms with van der Waals surface area (Å²) >= 11 is 0. The predicted octanol–water partition coefficient (Wildman–Crippen LogP) is 1.99. The number of nitrogens with one attached hydrogen (secondary N) is 2. The molecule has 96 valence electrons. The van der Waals surface area contributed by atoms with Crippen LogP contribution < -0.4 is 10.6 Å². The van der Waals surface area contributed by atoms with Gasteiger partial charge in [-0.15, -0.1) is 0 Å². The third kappa shape index (κ3) is 4.56. The predicted molar refractivity (Wildman–Crippen MR) is 70.3 cm³/mol. The average molecular weight is 238 g/mol. The number of methoxy groups -OCH3 is 1. The smallest absolute Gasteiger partial charge is 0.131 e. The van der Waals surface area contributed by atoms with Gasteiger partial charge in [0.1, 0.15) is 18.0 Å². The fourth-order valence-electron chi connectivity index (χ4n) is 1.48. The molecule has 5 heteroatoms. The Morgan fingerprint density at radius 3 is 2.59 bits per heavy atom. The number of ether oxygens (including phenoxy) is 1. The van der Waals surface area contributed by atoms with E-state index < -0.39 is 0 Å². The monoisotopic (exact) mass is 238 g/mol. The SMILES string of the molecule is CCNc1cc(NC(COC)C(C)C)ncn1. The Labute approximate surface area is 103 Å². The van der Waals surface area contributed by atoms with E-state index in [1.54, 1.807) is 13.4 Å². The molecule has 0 fully saturated rings. The van der Waals surface area contributed by atoms with Crippen LogP contribution in [-0.4, -0.2) is 36.3 Å². The highest BCUT2D eigenvalue weighted by molar-refractivity contribution is 5.46. The second kappa shape index (κ2) is 7.06. The number of anilines is 2. The number of nitrogens with zero attached hydrogens (tertiary/aromatic N) is 2. The first-order valence-electron chi connectivity index (χ1n) is 5.98. The van der Waals surface area contributed by atoms with Crippen molar-refractivity contribution in [1.29, 1.82) is 0 Å². The second-order valence-corrected chi connectivity index (χ2v) is 4.27. The van der Waals surface area contributed by atoms with Crippen molar-refractivity contribution in [3.8, 4) is 0 Å². The van der Waals surface area contributed by atoms with Crippen molar-refractivity contribution in [2.75, 3.05) is 30.9 Å². The first kappa shape index (κ1) is 13.7. The fraction of sp³-hybridized carbons (Fsp3) is 0.667. The highest BCUT2D eigenvalue weighted by Crippen LogP contribution is 2.13. The van der Waals surface area contributed by atoms with Gasteiger partial charge in [-0.05, 0) is 12.8 Å². The van der Waals surface area contributed by atoms with Gasteiger partial charge in [0.15, 0.2) is 0 Å². The van der Waals surface area contributed by atoms with Gasteiger partial charge in [0.2, 0.25) is 0 Å². The maximum absolute atomic E-state index is 5.19. The summed E-state index contributed by atoms with van der Waals surface area (Å²) < 4.78 is 5.19. The normalized spacial score (nSPS) is 12.5. The van der Waals surface area contributed by atoms with Crippen molar-refractivity contribution >= 4 is 11.6 Å². The minimum absolute atomic E-state index is 0.254.